The Morgan fingerprint density at radius 3 is 2.50 bits per heavy atom. The molecule has 0 atom stereocenters. The van der Waals surface area contributed by atoms with Crippen molar-refractivity contribution in [3.8, 4) is 5.75 Å². The van der Waals surface area contributed by atoms with Crippen molar-refractivity contribution in [3.05, 3.63) is 63.2 Å². The number of nitrogens with zero attached hydrogens (tertiary/aromatic N) is 1. The first-order chi connectivity index (χ1) is 12.5. The van der Waals surface area contributed by atoms with E-state index in [4.69, 9.17) is 17.0 Å². The van der Waals surface area contributed by atoms with Crippen molar-refractivity contribution in [2.45, 2.75) is 6.92 Å². The number of ether oxygens (including phenoxy) is 1. The Bertz CT molecular complexity index is 909. The summed E-state index contributed by atoms with van der Waals surface area (Å²) in [6.07, 6.45) is 1.59. The molecule has 1 fully saturated rings. The second-order valence-corrected chi connectivity index (χ2v) is 6.96. The Kier molecular flexibility index (Phi) is 5.67. The third-order valence-electron chi connectivity index (χ3n) is 3.71. The van der Waals surface area contributed by atoms with Gasteiger partial charge in [0, 0.05) is 3.57 Å². The summed E-state index contributed by atoms with van der Waals surface area (Å²) in [5.41, 5.74) is 1.40. The van der Waals surface area contributed by atoms with E-state index >= 15 is 0 Å². The van der Waals surface area contributed by atoms with Gasteiger partial charge in [0.2, 0.25) is 0 Å². The third-order valence-corrected chi connectivity index (χ3v) is 4.98. The Morgan fingerprint density at radius 1 is 1.15 bits per heavy atom. The molecule has 2 amide bonds. The average Bonchev–Trinajstić information content (AvgIpc) is 2.61. The van der Waals surface area contributed by atoms with Gasteiger partial charge in [-0.15, -0.1) is 0 Å². The second-order valence-electron chi connectivity index (χ2n) is 5.41. The summed E-state index contributed by atoms with van der Waals surface area (Å²) in [4.78, 5) is 26.6. The fraction of sp³-hybridized carbons (Fsp3) is 0.105. The van der Waals surface area contributed by atoms with Crippen LogP contribution in [0.3, 0.4) is 0 Å². The number of amides is 2. The Hall–Kier alpha value is -2.26. The first-order valence-electron chi connectivity index (χ1n) is 7.90. The van der Waals surface area contributed by atoms with Crippen LogP contribution in [0.5, 0.6) is 5.75 Å². The monoisotopic (exact) mass is 478 g/mol. The van der Waals surface area contributed by atoms with Gasteiger partial charge in [0.15, 0.2) is 5.11 Å². The predicted molar refractivity (Wildman–Crippen MR) is 113 cm³/mol. The molecule has 0 spiro atoms. The smallest absolute Gasteiger partial charge is 0.270 e. The highest BCUT2D eigenvalue weighted by atomic mass is 127. The highest BCUT2D eigenvalue weighted by Gasteiger charge is 2.34. The third kappa shape index (κ3) is 3.78. The van der Waals surface area contributed by atoms with Gasteiger partial charge in [0.1, 0.15) is 11.3 Å². The van der Waals surface area contributed by atoms with Gasteiger partial charge in [0.25, 0.3) is 11.8 Å². The van der Waals surface area contributed by atoms with Gasteiger partial charge < -0.3 is 4.74 Å². The minimum atomic E-state index is -0.498. The summed E-state index contributed by atoms with van der Waals surface area (Å²) in [5.74, 6) is -0.255. The van der Waals surface area contributed by atoms with Crippen molar-refractivity contribution in [1.82, 2.24) is 5.32 Å². The Labute approximate surface area is 170 Å². The standard InChI is InChI=1S/C19H15IN2O3S/c1-2-25-14-9-7-13(8-10-14)22-18(24)15(17(23)21-19(22)26)11-12-5-3-4-6-16(12)20/h3-11H,2H2,1H3,(H,21,23,26)/b15-11+. The van der Waals surface area contributed by atoms with Crippen LogP contribution in [0.15, 0.2) is 54.1 Å². The Morgan fingerprint density at radius 2 is 1.85 bits per heavy atom. The number of carbonyl (C=O) groups is 2. The van der Waals surface area contributed by atoms with Crippen molar-refractivity contribution >= 4 is 63.5 Å². The average molecular weight is 478 g/mol. The lowest BCUT2D eigenvalue weighted by molar-refractivity contribution is -0.122. The van der Waals surface area contributed by atoms with Crippen LogP contribution in [-0.4, -0.2) is 23.5 Å². The number of rotatable bonds is 4. The normalized spacial score (nSPS) is 16.0. The molecule has 0 radical (unpaired) electrons. The maximum absolute atomic E-state index is 12.9. The topological polar surface area (TPSA) is 58.6 Å². The number of halogens is 1. The number of carbonyl (C=O) groups excluding carboxylic acids is 2. The van der Waals surface area contributed by atoms with Crippen LogP contribution >= 0.6 is 34.8 Å². The molecule has 1 saturated heterocycles. The molecule has 0 bridgehead atoms. The number of hydrogen-bond acceptors (Lipinski definition) is 4. The zero-order valence-corrected chi connectivity index (χ0v) is 16.8. The summed E-state index contributed by atoms with van der Waals surface area (Å²) in [6, 6.07) is 14.5. The van der Waals surface area contributed by atoms with E-state index < -0.39 is 11.8 Å². The van der Waals surface area contributed by atoms with Crippen LogP contribution in [0, 0.1) is 3.57 Å². The van der Waals surface area contributed by atoms with E-state index in [9.17, 15) is 9.59 Å². The van der Waals surface area contributed by atoms with Crippen LogP contribution in [0.1, 0.15) is 12.5 Å². The highest BCUT2D eigenvalue weighted by molar-refractivity contribution is 14.1. The zero-order valence-electron chi connectivity index (χ0n) is 13.9. The molecule has 2 aromatic carbocycles. The predicted octanol–water partition coefficient (Wildman–Crippen LogP) is 3.52. The van der Waals surface area contributed by atoms with Gasteiger partial charge in [-0.2, -0.15) is 0 Å². The molecule has 0 aliphatic carbocycles. The highest BCUT2D eigenvalue weighted by Crippen LogP contribution is 2.25. The number of benzene rings is 2. The van der Waals surface area contributed by atoms with E-state index in [0.717, 1.165) is 9.13 Å². The van der Waals surface area contributed by atoms with Crippen LogP contribution in [-0.2, 0) is 9.59 Å². The number of thiocarbonyl (C=S) groups is 1. The molecule has 26 heavy (non-hydrogen) atoms. The van der Waals surface area contributed by atoms with Crippen molar-refractivity contribution in [1.29, 1.82) is 0 Å². The molecule has 0 saturated carbocycles. The van der Waals surface area contributed by atoms with Crippen LogP contribution in [0.25, 0.3) is 6.08 Å². The fourth-order valence-corrected chi connectivity index (χ4v) is 3.32. The van der Waals surface area contributed by atoms with Crippen molar-refractivity contribution in [2.24, 2.45) is 0 Å². The first kappa shape index (κ1) is 18.5. The molecule has 5 nitrogen and oxygen atoms in total. The quantitative estimate of drug-likeness (QED) is 0.316. The van der Waals surface area contributed by atoms with E-state index in [0.29, 0.717) is 18.0 Å². The van der Waals surface area contributed by atoms with Gasteiger partial charge in [-0.05, 0) is 83.7 Å². The minimum absolute atomic E-state index is 0.0385. The lowest BCUT2D eigenvalue weighted by Gasteiger charge is -2.29. The SMILES string of the molecule is CCOc1ccc(N2C(=O)/C(=C/c3ccccc3I)C(=O)NC2=S)cc1. The number of anilines is 1. The van der Waals surface area contributed by atoms with Gasteiger partial charge in [0.05, 0.1) is 12.3 Å². The van der Waals surface area contributed by atoms with Crippen molar-refractivity contribution in [2.75, 3.05) is 11.5 Å². The molecule has 1 aliphatic rings. The Balaban J connectivity index is 1.97. The molecule has 2 aromatic rings. The van der Waals surface area contributed by atoms with Crippen molar-refractivity contribution in [3.63, 3.8) is 0 Å². The summed E-state index contributed by atoms with van der Waals surface area (Å²) >= 11 is 7.37. The van der Waals surface area contributed by atoms with E-state index in [1.807, 2.05) is 31.2 Å². The first-order valence-corrected chi connectivity index (χ1v) is 9.39. The summed E-state index contributed by atoms with van der Waals surface area (Å²) < 4.78 is 6.36. The van der Waals surface area contributed by atoms with E-state index in [-0.39, 0.29) is 10.7 Å². The fourth-order valence-electron chi connectivity index (χ4n) is 2.50. The molecular weight excluding hydrogens is 463 g/mol. The van der Waals surface area contributed by atoms with Crippen LogP contribution in [0.2, 0.25) is 0 Å². The molecule has 1 N–H and O–H groups in total. The van der Waals surface area contributed by atoms with Crippen molar-refractivity contribution < 1.29 is 14.3 Å². The summed E-state index contributed by atoms with van der Waals surface area (Å²) in [6.45, 7) is 2.45. The molecular formula is C19H15IN2O3S. The molecule has 132 valence electrons. The molecule has 0 unspecified atom stereocenters. The maximum atomic E-state index is 12.9. The van der Waals surface area contributed by atoms with Crippen LogP contribution < -0.4 is 15.0 Å². The number of nitrogens with one attached hydrogen (secondary N) is 1. The van der Waals surface area contributed by atoms with E-state index in [2.05, 4.69) is 27.9 Å². The van der Waals surface area contributed by atoms with Gasteiger partial charge in [-0.1, -0.05) is 18.2 Å². The van der Waals surface area contributed by atoms with Gasteiger partial charge in [-0.3, -0.25) is 19.8 Å². The number of hydrogen-bond donors (Lipinski definition) is 1. The molecule has 3 rings (SSSR count). The second kappa shape index (κ2) is 7.96. The van der Waals surface area contributed by atoms with Crippen LogP contribution in [0.4, 0.5) is 5.69 Å². The summed E-state index contributed by atoms with van der Waals surface area (Å²) in [5, 5.41) is 2.64. The largest absolute Gasteiger partial charge is 0.494 e. The zero-order chi connectivity index (χ0) is 18.7. The minimum Gasteiger partial charge on any atom is -0.494 e. The molecule has 7 heteroatoms. The molecule has 1 aliphatic heterocycles. The maximum Gasteiger partial charge on any atom is 0.270 e. The molecule has 0 aromatic heterocycles. The lowest BCUT2D eigenvalue weighted by Crippen LogP contribution is -2.54. The summed E-state index contributed by atoms with van der Waals surface area (Å²) in [7, 11) is 0. The van der Waals surface area contributed by atoms with E-state index in [1.54, 1.807) is 30.3 Å². The lowest BCUT2D eigenvalue weighted by atomic mass is 10.1. The molecule has 1 heterocycles. The van der Waals surface area contributed by atoms with E-state index in [1.165, 1.54) is 4.90 Å². The van der Waals surface area contributed by atoms with Gasteiger partial charge >= 0.3 is 0 Å². The van der Waals surface area contributed by atoms with Gasteiger partial charge in [-0.25, -0.2) is 0 Å².